The number of hydrogen-bond acceptors (Lipinski definition) is 2. The predicted molar refractivity (Wildman–Crippen MR) is 47.2 cm³/mol. The van der Waals surface area contributed by atoms with E-state index in [-0.39, 0.29) is 5.39 Å². The number of halogens is 1. The minimum atomic E-state index is -0.617. The van der Waals surface area contributed by atoms with Gasteiger partial charge in [0.1, 0.15) is 17.0 Å². The van der Waals surface area contributed by atoms with Gasteiger partial charge in [-0.05, 0) is 24.4 Å². The lowest BCUT2D eigenvalue weighted by molar-refractivity contribution is 0.485. The highest BCUT2D eigenvalue weighted by Crippen LogP contribution is 2.14. The number of hydrogen-bond donors (Lipinski definition) is 0. The van der Waals surface area contributed by atoms with Crippen LogP contribution in [-0.2, 0) is 0 Å². The molecule has 2 nitrogen and oxygen atoms in total. The molecule has 3 heteroatoms. The Kier molecular flexibility index (Phi) is 1.65. The number of aryl methyl sites for hydroxylation is 1. The van der Waals surface area contributed by atoms with Crippen LogP contribution in [0.3, 0.4) is 0 Å². The molecule has 0 unspecified atom stereocenters. The first-order valence-electron chi connectivity index (χ1n) is 3.87. The smallest absolute Gasteiger partial charge is 0.346 e. The molecule has 13 heavy (non-hydrogen) atoms. The van der Waals surface area contributed by atoms with Crippen molar-refractivity contribution in [2.45, 2.75) is 6.92 Å². The maximum absolute atomic E-state index is 13.1. The van der Waals surface area contributed by atoms with Crippen LogP contribution in [0, 0.1) is 12.7 Å². The van der Waals surface area contributed by atoms with Gasteiger partial charge in [0.15, 0.2) is 0 Å². The van der Waals surface area contributed by atoms with Gasteiger partial charge in [0.2, 0.25) is 0 Å². The molecule has 2 rings (SSSR count). The molecule has 0 saturated heterocycles. The van der Waals surface area contributed by atoms with Gasteiger partial charge in [-0.2, -0.15) is 0 Å². The Morgan fingerprint density at radius 2 is 2.15 bits per heavy atom. The van der Waals surface area contributed by atoms with Crippen LogP contribution in [-0.4, -0.2) is 0 Å². The van der Waals surface area contributed by atoms with E-state index >= 15 is 0 Å². The van der Waals surface area contributed by atoms with Crippen molar-refractivity contribution in [2.75, 3.05) is 0 Å². The van der Waals surface area contributed by atoms with Crippen molar-refractivity contribution in [3.63, 3.8) is 0 Å². The van der Waals surface area contributed by atoms with Crippen LogP contribution in [0.1, 0.15) is 5.76 Å². The van der Waals surface area contributed by atoms with Crippen LogP contribution in [0.4, 0.5) is 4.39 Å². The first kappa shape index (κ1) is 7.98. The molecule has 0 amide bonds. The van der Waals surface area contributed by atoms with Gasteiger partial charge in [-0.15, -0.1) is 0 Å². The molecule has 0 N–H and O–H groups in total. The van der Waals surface area contributed by atoms with Crippen molar-refractivity contribution >= 4 is 10.8 Å². The third-order valence-electron chi connectivity index (χ3n) is 1.86. The van der Waals surface area contributed by atoms with Gasteiger partial charge in [0.25, 0.3) is 0 Å². The highest BCUT2D eigenvalue weighted by Gasteiger charge is 2.06. The molecule has 0 radical (unpaired) electrons. The number of fused-ring (bicyclic) bond motifs is 1. The zero-order valence-corrected chi connectivity index (χ0v) is 7.00. The Bertz CT molecular complexity index is 514. The van der Waals surface area contributed by atoms with Crippen molar-refractivity contribution in [3.05, 3.63) is 46.3 Å². The zero-order valence-electron chi connectivity index (χ0n) is 7.00. The molecule has 0 aliphatic rings. The first-order valence-corrected chi connectivity index (χ1v) is 3.87. The Balaban J connectivity index is 3.03. The first-order chi connectivity index (χ1) is 6.18. The summed E-state index contributed by atoms with van der Waals surface area (Å²) in [7, 11) is 0. The minimum absolute atomic E-state index is 0.0214. The second-order valence-corrected chi connectivity index (χ2v) is 2.85. The standard InChI is InChI=1S/C10H7FO2/c1-6-5-7-3-2-4-8(11)9(7)10(12)13-6/h2-5H,1H3. The van der Waals surface area contributed by atoms with Gasteiger partial charge < -0.3 is 4.42 Å². The quantitative estimate of drug-likeness (QED) is 0.619. The highest BCUT2D eigenvalue weighted by molar-refractivity contribution is 5.81. The van der Waals surface area contributed by atoms with Crippen molar-refractivity contribution in [2.24, 2.45) is 0 Å². The maximum Gasteiger partial charge on any atom is 0.346 e. The number of benzene rings is 1. The predicted octanol–water partition coefficient (Wildman–Crippen LogP) is 2.24. The van der Waals surface area contributed by atoms with Crippen LogP contribution in [0.2, 0.25) is 0 Å². The summed E-state index contributed by atoms with van der Waals surface area (Å²) < 4.78 is 17.9. The van der Waals surface area contributed by atoms with E-state index in [4.69, 9.17) is 4.42 Å². The van der Waals surface area contributed by atoms with Gasteiger partial charge in [0, 0.05) is 0 Å². The molecule has 2 aromatic rings. The van der Waals surface area contributed by atoms with E-state index in [1.54, 1.807) is 25.1 Å². The lowest BCUT2D eigenvalue weighted by Crippen LogP contribution is -2.02. The third kappa shape index (κ3) is 1.22. The summed E-state index contributed by atoms with van der Waals surface area (Å²) in [4.78, 5) is 11.2. The van der Waals surface area contributed by atoms with E-state index in [2.05, 4.69) is 0 Å². The molecule has 1 aromatic heterocycles. The maximum atomic E-state index is 13.1. The minimum Gasteiger partial charge on any atom is -0.428 e. The van der Waals surface area contributed by atoms with Crippen molar-refractivity contribution in [3.8, 4) is 0 Å². The molecule has 0 bridgehead atoms. The molecule has 0 saturated carbocycles. The van der Waals surface area contributed by atoms with Crippen LogP contribution in [0.15, 0.2) is 33.5 Å². The number of rotatable bonds is 0. The van der Waals surface area contributed by atoms with E-state index in [1.807, 2.05) is 0 Å². The second-order valence-electron chi connectivity index (χ2n) is 2.85. The van der Waals surface area contributed by atoms with Crippen molar-refractivity contribution in [1.29, 1.82) is 0 Å². The summed E-state index contributed by atoms with van der Waals surface area (Å²) >= 11 is 0. The molecular formula is C10H7FO2. The molecular weight excluding hydrogens is 171 g/mol. The Morgan fingerprint density at radius 1 is 1.38 bits per heavy atom. The SMILES string of the molecule is Cc1cc2cccc(F)c2c(=O)o1. The van der Waals surface area contributed by atoms with E-state index < -0.39 is 11.4 Å². The van der Waals surface area contributed by atoms with Gasteiger partial charge in [-0.1, -0.05) is 12.1 Å². The molecule has 66 valence electrons. The van der Waals surface area contributed by atoms with Crippen molar-refractivity contribution < 1.29 is 8.81 Å². The zero-order chi connectivity index (χ0) is 9.42. The van der Waals surface area contributed by atoms with E-state index in [9.17, 15) is 9.18 Å². The monoisotopic (exact) mass is 178 g/mol. The molecule has 0 aliphatic carbocycles. The van der Waals surface area contributed by atoms with Gasteiger partial charge in [-0.25, -0.2) is 9.18 Å². The molecule has 0 atom stereocenters. The fourth-order valence-corrected chi connectivity index (χ4v) is 1.32. The Hall–Kier alpha value is -1.64. The average Bonchev–Trinajstić information content (AvgIpc) is 2.02. The largest absolute Gasteiger partial charge is 0.428 e. The fraction of sp³-hybridized carbons (Fsp3) is 0.100. The molecule has 0 spiro atoms. The van der Waals surface area contributed by atoms with Crippen LogP contribution in [0.25, 0.3) is 10.8 Å². The summed E-state index contributed by atoms with van der Waals surface area (Å²) in [6.45, 7) is 1.66. The van der Waals surface area contributed by atoms with E-state index in [0.717, 1.165) is 0 Å². The van der Waals surface area contributed by atoms with Crippen LogP contribution < -0.4 is 5.63 Å². The third-order valence-corrected chi connectivity index (χ3v) is 1.86. The molecule has 1 heterocycles. The normalized spacial score (nSPS) is 10.6. The summed E-state index contributed by atoms with van der Waals surface area (Å²) in [5.74, 6) is -0.0469. The Morgan fingerprint density at radius 3 is 2.92 bits per heavy atom. The van der Waals surface area contributed by atoms with Crippen LogP contribution >= 0.6 is 0 Å². The van der Waals surface area contributed by atoms with Gasteiger partial charge >= 0.3 is 5.63 Å². The second kappa shape index (κ2) is 2.69. The summed E-state index contributed by atoms with van der Waals surface area (Å²) in [6, 6.07) is 6.13. The Labute approximate surface area is 73.6 Å². The molecule has 1 aromatic carbocycles. The summed E-state index contributed by atoms with van der Waals surface area (Å²) in [5.41, 5.74) is -0.617. The molecule has 0 fully saturated rings. The van der Waals surface area contributed by atoms with Gasteiger partial charge in [-0.3, -0.25) is 0 Å². The van der Waals surface area contributed by atoms with E-state index in [0.29, 0.717) is 11.1 Å². The average molecular weight is 178 g/mol. The lowest BCUT2D eigenvalue weighted by Gasteiger charge is -1.97. The molecule has 0 aliphatic heterocycles. The van der Waals surface area contributed by atoms with Crippen LogP contribution in [0.5, 0.6) is 0 Å². The van der Waals surface area contributed by atoms with Crippen molar-refractivity contribution in [1.82, 2.24) is 0 Å². The van der Waals surface area contributed by atoms with E-state index in [1.165, 1.54) is 6.07 Å². The highest BCUT2D eigenvalue weighted by atomic mass is 19.1. The lowest BCUT2D eigenvalue weighted by atomic mass is 10.1. The topological polar surface area (TPSA) is 30.2 Å². The van der Waals surface area contributed by atoms with Gasteiger partial charge in [0.05, 0.1) is 0 Å². The fourth-order valence-electron chi connectivity index (χ4n) is 1.32. The summed E-state index contributed by atoms with van der Waals surface area (Å²) in [6.07, 6.45) is 0. The summed E-state index contributed by atoms with van der Waals surface area (Å²) in [5, 5.41) is 0.599.